The number of allylic oxidation sites excluding steroid dienone is 1. The number of anilines is 1. The largest absolute Gasteiger partial charge is 0.383 e. The van der Waals surface area contributed by atoms with Crippen molar-refractivity contribution in [1.82, 2.24) is 9.55 Å². The van der Waals surface area contributed by atoms with Gasteiger partial charge in [-0.25, -0.2) is 4.98 Å². The number of nitriles is 1. The maximum atomic E-state index is 8.72. The van der Waals surface area contributed by atoms with Crippen molar-refractivity contribution >= 4 is 5.82 Å². The quantitative estimate of drug-likeness (QED) is 0.812. The highest BCUT2D eigenvalue weighted by Gasteiger charge is 2.08. The van der Waals surface area contributed by atoms with Gasteiger partial charge < -0.3 is 10.3 Å². The van der Waals surface area contributed by atoms with E-state index in [0.29, 0.717) is 17.9 Å². The van der Waals surface area contributed by atoms with Crippen LogP contribution in [0.15, 0.2) is 43.2 Å². The summed E-state index contributed by atoms with van der Waals surface area (Å²) in [5.41, 5.74) is 8.24. The Bertz CT molecular complexity index is 572. The van der Waals surface area contributed by atoms with Gasteiger partial charge in [-0.1, -0.05) is 18.2 Å². The van der Waals surface area contributed by atoms with E-state index in [-0.39, 0.29) is 0 Å². The molecule has 0 aliphatic rings. The molecular formula is C13H12N4. The Labute approximate surface area is 99.6 Å². The summed E-state index contributed by atoms with van der Waals surface area (Å²) in [7, 11) is 0. The van der Waals surface area contributed by atoms with Gasteiger partial charge >= 0.3 is 0 Å². The van der Waals surface area contributed by atoms with Crippen LogP contribution >= 0.6 is 0 Å². The number of nitrogens with zero attached hydrogens (tertiary/aromatic N) is 3. The summed E-state index contributed by atoms with van der Waals surface area (Å²) in [6.45, 7) is 4.30. The van der Waals surface area contributed by atoms with E-state index in [2.05, 4.69) is 17.6 Å². The molecule has 2 rings (SSSR count). The van der Waals surface area contributed by atoms with Gasteiger partial charge in [0.2, 0.25) is 0 Å². The minimum Gasteiger partial charge on any atom is -0.383 e. The second-order valence-electron chi connectivity index (χ2n) is 3.61. The number of aromatic nitrogens is 2. The van der Waals surface area contributed by atoms with E-state index in [9.17, 15) is 0 Å². The van der Waals surface area contributed by atoms with E-state index in [1.165, 1.54) is 0 Å². The molecule has 4 nitrogen and oxygen atoms in total. The Morgan fingerprint density at radius 1 is 1.41 bits per heavy atom. The van der Waals surface area contributed by atoms with Gasteiger partial charge in [-0.2, -0.15) is 5.26 Å². The maximum absolute atomic E-state index is 8.72. The van der Waals surface area contributed by atoms with E-state index < -0.39 is 0 Å². The maximum Gasteiger partial charge on any atom is 0.131 e. The van der Waals surface area contributed by atoms with E-state index in [0.717, 1.165) is 11.3 Å². The van der Waals surface area contributed by atoms with Crippen molar-refractivity contribution < 1.29 is 0 Å². The van der Waals surface area contributed by atoms with Gasteiger partial charge in [0.1, 0.15) is 11.5 Å². The molecule has 0 atom stereocenters. The van der Waals surface area contributed by atoms with E-state index in [1.807, 2.05) is 16.7 Å². The molecule has 0 saturated heterocycles. The normalized spacial score (nSPS) is 9.82. The van der Waals surface area contributed by atoms with Crippen molar-refractivity contribution in [2.75, 3.05) is 5.73 Å². The molecule has 1 heterocycles. The third-order valence-corrected chi connectivity index (χ3v) is 2.49. The third-order valence-electron chi connectivity index (χ3n) is 2.49. The first kappa shape index (κ1) is 11.0. The van der Waals surface area contributed by atoms with Gasteiger partial charge in [-0.3, -0.25) is 0 Å². The molecule has 4 heteroatoms. The van der Waals surface area contributed by atoms with Gasteiger partial charge in [0.05, 0.1) is 18.0 Å². The van der Waals surface area contributed by atoms with Crippen molar-refractivity contribution in [2.45, 2.75) is 6.54 Å². The fourth-order valence-corrected chi connectivity index (χ4v) is 1.60. The van der Waals surface area contributed by atoms with Crippen LogP contribution in [0.3, 0.4) is 0 Å². The number of benzene rings is 1. The van der Waals surface area contributed by atoms with Crippen molar-refractivity contribution in [3.05, 3.63) is 48.8 Å². The molecule has 0 unspecified atom stereocenters. The van der Waals surface area contributed by atoms with Crippen molar-refractivity contribution in [2.24, 2.45) is 0 Å². The lowest BCUT2D eigenvalue weighted by atomic mass is 10.1. The SMILES string of the molecule is C=CCn1cnc(-c2ccc(C#N)cc2)c1N. The molecule has 0 radical (unpaired) electrons. The summed E-state index contributed by atoms with van der Waals surface area (Å²) in [5.74, 6) is 0.606. The van der Waals surface area contributed by atoms with Crippen LogP contribution in [-0.2, 0) is 6.54 Å². The fraction of sp³-hybridized carbons (Fsp3) is 0.0769. The van der Waals surface area contributed by atoms with Crippen LogP contribution in [0.4, 0.5) is 5.82 Å². The van der Waals surface area contributed by atoms with Crippen molar-refractivity contribution in [3.8, 4) is 17.3 Å². The number of nitrogens with two attached hydrogens (primary N) is 1. The number of nitrogen functional groups attached to an aromatic ring is 1. The van der Waals surface area contributed by atoms with Gasteiger partial charge in [0.25, 0.3) is 0 Å². The molecule has 1 aromatic heterocycles. The molecule has 2 aromatic rings. The molecule has 0 fully saturated rings. The highest BCUT2D eigenvalue weighted by molar-refractivity contribution is 5.70. The summed E-state index contributed by atoms with van der Waals surface area (Å²) in [6, 6.07) is 9.26. The fourth-order valence-electron chi connectivity index (χ4n) is 1.60. The zero-order valence-electron chi connectivity index (χ0n) is 9.30. The van der Waals surface area contributed by atoms with Gasteiger partial charge in [0.15, 0.2) is 0 Å². The topological polar surface area (TPSA) is 67.6 Å². The summed E-state index contributed by atoms with van der Waals surface area (Å²) in [6.07, 6.45) is 3.45. The highest BCUT2D eigenvalue weighted by Crippen LogP contribution is 2.24. The Hall–Kier alpha value is -2.54. The Morgan fingerprint density at radius 2 is 2.12 bits per heavy atom. The summed E-state index contributed by atoms with van der Waals surface area (Å²) in [5, 5.41) is 8.72. The lowest BCUT2D eigenvalue weighted by Crippen LogP contribution is -2.00. The lowest BCUT2D eigenvalue weighted by molar-refractivity contribution is 0.833. The van der Waals surface area contributed by atoms with E-state index >= 15 is 0 Å². The molecule has 0 aliphatic heterocycles. The Morgan fingerprint density at radius 3 is 2.71 bits per heavy atom. The second-order valence-corrected chi connectivity index (χ2v) is 3.61. The van der Waals surface area contributed by atoms with E-state index in [4.69, 9.17) is 11.0 Å². The average Bonchev–Trinajstić information content (AvgIpc) is 2.72. The zero-order valence-corrected chi connectivity index (χ0v) is 9.30. The van der Waals surface area contributed by atoms with E-state index in [1.54, 1.807) is 24.5 Å². The molecule has 0 saturated carbocycles. The van der Waals surface area contributed by atoms with Gasteiger partial charge in [-0.15, -0.1) is 6.58 Å². The van der Waals surface area contributed by atoms with Crippen LogP contribution in [0.2, 0.25) is 0 Å². The molecule has 0 amide bonds. The smallest absolute Gasteiger partial charge is 0.131 e. The summed E-state index contributed by atoms with van der Waals surface area (Å²) < 4.78 is 1.82. The molecule has 17 heavy (non-hydrogen) atoms. The third kappa shape index (κ3) is 2.04. The number of hydrogen-bond donors (Lipinski definition) is 1. The molecule has 0 spiro atoms. The Kier molecular flexibility index (Phi) is 2.93. The van der Waals surface area contributed by atoms with Crippen LogP contribution in [0.25, 0.3) is 11.3 Å². The van der Waals surface area contributed by atoms with Crippen LogP contribution in [-0.4, -0.2) is 9.55 Å². The monoisotopic (exact) mass is 224 g/mol. The van der Waals surface area contributed by atoms with Crippen LogP contribution in [0.1, 0.15) is 5.56 Å². The van der Waals surface area contributed by atoms with Gasteiger partial charge in [-0.05, 0) is 12.1 Å². The minimum atomic E-state index is 0.606. The summed E-state index contributed by atoms with van der Waals surface area (Å²) >= 11 is 0. The molecule has 0 aliphatic carbocycles. The molecule has 0 bridgehead atoms. The summed E-state index contributed by atoms with van der Waals surface area (Å²) in [4.78, 5) is 4.27. The van der Waals surface area contributed by atoms with Crippen LogP contribution in [0, 0.1) is 11.3 Å². The first-order valence-electron chi connectivity index (χ1n) is 5.18. The number of imidazole rings is 1. The highest BCUT2D eigenvalue weighted by atomic mass is 15.1. The van der Waals surface area contributed by atoms with Gasteiger partial charge in [0, 0.05) is 12.1 Å². The first-order chi connectivity index (χ1) is 8.26. The predicted octanol–water partition coefficient (Wildman–Crippen LogP) is 2.19. The standard InChI is InChI=1S/C13H12N4/c1-2-7-17-9-16-12(13(17)15)11-5-3-10(8-14)4-6-11/h2-6,9H,1,7,15H2. The number of rotatable bonds is 3. The molecule has 2 N–H and O–H groups in total. The minimum absolute atomic E-state index is 0.606. The van der Waals surface area contributed by atoms with Crippen molar-refractivity contribution in [3.63, 3.8) is 0 Å². The average molecular weight is 224 g/mol. The van der Waals surface area contributed by atoms with Crippen LogP contribution in [0.5, 0.6) is 0 Å². The first-order valence-corrected chi connectivity index (χ1v) is 5.18. The second kappa shape index (κ2) is 4.54. The molecular weight excluding hydrogens is 212 g/mol. The lowest BCUT2D eigenvalue weighted by Gasteiger charge is -2.02. The number of hydrogen-bond acceptors (Lipinski definition) is 3. The predicted molar refractivity (Wildman–Crippen MR) is 67.0 cm³/mol. The zero-order chi connectivity index (χ0) is 12.3. The Balaban J connectivity index is 2.39. The van der Waals surface area contributed by atoms with Crippen molar-refractivity contribution in [1.29, 1.82) is 5.26 Å². The van der Waals surface area contributed by atoms with Crippen LogP contribution < -0.4 is 5.73 Å². The molecule has 84 valence electrons. The molecule has 1 aromatic carbocycles.